The first-order valence-electron chi connectivity index (χ1n) is 8.14. The Labute approximate surface area is 149 Å². The zero-order valence-corrected chi connectivity index (χ0v) is 14.1. The SMILES string of the molecule is CC(=O)NC1O[C@H](CO)[C@@H](O[C@@H]2O[C@H](CO)[C@H](O)[C@H](O)[C@H]2O)[C@H](O)[C@H]1N. The molecule has 0 aromatic heterocycles. The number of ether oxygens (including phenoxy) is 3. The van der Waals surface area contributed by atoms with Gasteiger partial charge in [-0.3, -0.25) is 4.79 Å². The van der Waals surface area contributed by atoms with E-state index >= 15 is 0 Å². The van der Waals surface area contributed by atoms with Crippen molar-refractivity contribution in [3.63, 3.8) is 0 Å². The van der Waals surface area contributed by atoms with E-state index in [9.17, 15) is 35.4 Å². The monoisotopic (exact) mass is 382 g/mol. The standard InChI is InChI=1S/C14H26N2O10/c1-4(19)16-13-7(15)9(21)12(6(3-18)24-13)26-14-11(23)10(22)8(20)5(2-17)25-14/h5-14,17-18,20-23H,2-3,15H2,1H3,(H,16,19)/t5-,6-,7-,8+,9-,10+,11-,12-,13?,14+/m1/s1. The molecular weight excluding hydrogens is 356 g/mol. The van der Waals surface area contributed by atoms with Gasteiger partial charge in [-0.2, -0.15) is 0 Å². The maximum absolute atomic E-state index is 11.2. The van der Waals surface area contributed by atoms with E-state index in [-0.39, 0.29) is 0 Å². The molecule has 12 nitrogen and oxygen atoms in total. The summed E-state index contributed by atoms with van der Waals surface area (Å²) in [5, 5.41) is 61.1. The van der Waals surface area contributed by atoms with E-state index < -0.39 is 80.4 Å². The predicted molar refractivity (Wildman–Crippen MR) is 82.2 cm³/mol. The topological polar surface area (TPSA) is 204 Å². The Bertz CT molecular complexity index is 479. The lowest BCUT2D eigenvalue weighted by Gasteiger charge is -2.46. The molecule has 0 saturated carbocycles. The number of amides is 1. The average molecular weight is 382 g/mol. The second kappa shape index (κ2) is 8.84. The Morgan fingerprint density at radius 2 is 1.62 bits per heavy atom. The largest absolute Gasteiger partial charge is 0.394 e. The van der Waals surface area contributed by atoms with Crippen molar-refractivity contribution in [1.82, 2.24) is 5.32 Å². The Morgan fingerprint density at radius 3 is 2.15 bits per heavy atom. The summed E-state index contributed by atoms with van der Waals surface area (Å²) in [5.41, 5.74) is 5.84. The lowest BCUT2D eigenvalue weighted by Crippen LogP contribution is -2.68. The number of aliphatic hydroxyl groups excluding tert-OH is 6. The third-order valence-electron chi connectivity index (χ3n) is 4.43. The Hall–Kier alpha value is -0.930. The van der Waals surface area contributed by atoms with Gasteiger partial charge in [0, 0.05) is 6.92 Å². The summed E-state index contributed by atoms with van der Waals surface area (Å²) >= 11 is 0. The molecule has 10 atom stereocenters. The molecular formula is C14H26N2O10. The zero-order valence-electron chi connectivity index (χ0n) is 14.1. The number of rotatable bonds is 5. The molecule has 1 unspecified atom stereocenters. The van der Waals surface area contributed by atoms with Crippen molar-refractivity contribution < 1.29 is 49.6 Å². The fourth-order valence-electron chi connectivity index (χ4n) is 2.95. The molecule has 2 saturated heterocycles. The van der Waals surface area contributed by atoms with Crippen molar-refractivity contribution in [3.05, 3.63) is 0 Å². The summed E-state index contributed by atoms with van der Waals surface area (Å²) in [5.74, 6) is -0.456. The van der Waals surface area contributed by atoms with Gasteiger partial charge in [0.1, 0.15) is 49.0 Å². The van der Waals surface area contributed by atoms with Crippen LogP contribution in [-0.2, 0) is 19.0 Å². The molecule has 0 aliphatic carbocycles. The van der Waals surface area contributed by atoms with Crippen LogP contribution in [0.25, 0.3) is 0 Å². The van der Waals surface area contributed by atoms with Gasteiger partial charge >= 0.3 is 0 Å². The minimum Gasteiger partial charge on any atom is -0.394 e. The lowest BCUT2D eigenvalue weighted by atomic mass is 9.95. The average Bonchev–Trinajstić information content (AvgIpc) is 2.60. The van der Waals surface area contributed by atoms with Crippen molar-refractivity contribution in [2.45, 2.75) is 68.2 Å². The Kier molecular flexibility index (Phi) is 7.27. The van der Waals surface area contributed by atoms with Gasteiger partial charge in [-0.15, -0.1) is 0 Å². The minimum atomic E-state index is -1.69. The van der Waals surface area contributed by atoms with Gasteiger partial charge in [0.15, 0.2) is 6.29 Å². The summed E-state index contributed by atoms with van der Waals surface area (Å²) in [7, 11) is 0. The number of carbonyl (C=O) groups is 1. The van der Waals surface area contributed by atoms with Crippen LogP contribution in [0.4, 0.5) is 0 Å². The zero-order chi connectivity index (χ0) is 19.6. The van der Waals surface area contributed by atoms with Crippen LogP contribution in [-0.4, -0.2) is 111 Å². The van der Waals surface area contributed by atoms with Crippen LogP contribution in [0.1, 0.15) is 6.92 Å². The van der Waals surface area contributed by atoms with E-state index in [4.69, 9.17) is 19.9 Å². The summed E-state index contributed by atoms with van der Waals surface area (Å²) in [4.78, 5) is 11.2. The summed E-state index contributed by atoms with van der Waals surface area (Å²) in [6.07, 6.45) is -12.6. The number of nitrogens with one attached hydrogen (secondary N) is 1. The van der Waals surface area contributed by atoms with Gasteiger partial charge in [-0.1, -0.05) is 0 Å². The molecule has 2 heterocycles. The van der Waals surface area contributed by atoms with Crippen LogP contribution in [0.3, 0.4) is 0 Å². The third kappa shape index (κ3) is 4.31. The van der Waals surface area contributed by atoms with Crippen LogP contribution in [0.5, 0.6) is 0 Å². The third-order valence-corrected chi connectivity index (χ3v) is 4.43. The van der Waals surface area contributed by atoms with E-state index in [0.717, 1.165) is 0 Å². The van der Waals surface area contributed by atoms with Gasteiger partial charge in [-0.05, 0) is 0 Å². The molecule has 12 heteroatoms. The first kappa shape index (κ1) is 21.4. The first-order chi connectivity index (χ1) is 12.2. The number of carbonyl (C=O) groups excluding carboxylic acids is 1. The molecule has 2 aliphatic rings. The van der Waals surface area contributed by atoms with Crippen LogP contribution >= 0.6 is 0 Å². The van der Waals surface area contributed by atoms with Crippen LogP contribution in [0.2, 0.25) is 0 Å². The van der Waals surface area contributed by atoms with Gasteiger partial charge in [0.25, 0.3) is 0 Å². The van der Waals surface area contributed by atoms with Crippen LogP contribution in [0.15, 0.2) is 0 Å². The van der Waals surface area contributed by atoms with E-state index in [1.807, 2.05) is 0 Å². The molecule has 0 aromatic rings. The van der Waals surface area contributed by atoms with Gasteiger partial charge in [0.2, 0.25) is 5.91 Å². The molecule has 1 amide bonds. The van der Waals surface area contributed by atoms with Crippen molar-refractivity contribution in [2.24, 2.45) is 5.73 Å². The minimum absolute atomic E-state index is 0.456. The fraction of sp³-hybridized carbons (Fsp3) is 0.929. The van der Waals surface area contributed by atoms with E-state index in [0.29, 0.717) is 0 Å². The second-order valence-electron chi connectivity index (χ2n) is 6.34. The predicted octanol–water partition coefficient (Wildman–Crippen LogP) is -5.29. The molecule has 9 N–H and O–H groups in total. The molecule has 152 valence electrons. The normalized spacial score (nSPS) is 46.8. The summed E-state index contributed by atoms with van der Waals surface area (Å²) in [6, 6.07) is -1.11. The van der Waals surface area contributed by atoms with E-state index in [1.54, 1.807) is 0 Å². The Morgan fingerprint density at radius 1 is 1.00 bits per heavy atom. The van der Waals surface area contributed by atoms with Crippen LogP contribution in [0, 0.1) is 0 Å². The number of nitrogens with two attached hydrogens (primary N) is 1. The highest BCUT2D eigenvalue weighted by Gasteiger charge is 2.50. The summed E-state index contributed by atoms with van der Waals surface area (Å²) in [6.45, 7) is -0.0308. The molecule has 0 aromatic carbocycles. The van der Waals surface area contributed by atoms with Gasteiger partial charge in [-0.25, -0.2) is 0 Å². The lowest BCUT2D eigenvalue weighted by molar-refractivity contribution is -0.336. The smallest absolute Gasteiger partial charge is 0.218 e. The molecule has 0 radical (unpaired) electrons. The molecule has 0 bridgehead atoms. The van der Waals surface area contributed by atoms with Gasteiger partial charge < -0.3 is 55.9 Å². The van der Waals surface area contributed by atoms with E-state index in [2.05, 4.69) is 5.32 Å². The molecule has 0 spiro atoms. The highest BCUT2D eigenvalue weighted by molar-refractivity contribution is 5.73. The molecule has 26 heavy (non-hydrogen) atoms. The molecule has 2 aliphatic heterocycles. The maximum atomic E-state index is 11.2. The van der Waals surface area contributed by atoms with E-state index in [1.165, 1.54) is 6.92 Å². The highest BCUT2D eigenvalue weighted by Crippen LogP contribution is 2.28. The highest BCUT2D eigenvalue weighted by atomic mass is 16.7. The Balaban J connectivity index is 2.12. The first-order valence-corrected chi connectivity index (χ1v) is 8.14. The van der Waals surface area contributed by atoms with Crippen molar-refractivity contribution >= 4 is 5.91 Å². The second-order valence-corrected chi connectivity index (χ2v) is 6.34. The quantitative estimate of drug-likeness (QED) is 0.225. The van der Waals surface area contributed by atoms with Crippen LogP contribution < -0.4 is 11.1 Å². The number of hydrogen-bond donors (Lipinski definition) is 8. The van der Waals surface area contributed by atoms with Crippen molar-refractivity contribution in [3.8, 4) is 0 Å². The van der Waals surface area contributed by atoms with Gasteiger partial charge in [0.05, 0.1) is 19.3 Å². The van der Waals surface area contributed by atoms with Crippen molar-refractivity contribution in [2.75, 3.05) is 13.2 Å². The van der Waals surface area contributed by atoms with Crippen molar-refractivity contribution in [1.29, 1.82) is 0 Å². The number of hydrogen-bond acceptors (Lipinski definition) is 11. The fourth-order valence-corrected chi connectivity index (χ4v) is 2.95. The maximum Gasteiger partial charge on any atom is 0.218 e. The summed E-state index contributed by atoms with van der Waals surface area (Å²) < 4.78 is 16.1. The number of aliphatic hydroxyl groups is 6. The molecule has 2 fully saturated rings. The molecule has 2 rings (SSSR count).